The molecule has 0 spiro atoms. The number of ether oxygens (including phenoxy) is 2. The summed E-state index contributed by atoms with van der Waals surface area (Å²) in [5.74, 6) is 0.762. The van der Waals surface area contributed by atoms with Crippen LogP contribution in [0.4, 0.5) is 11.4 Å². The summed E-state index contributed by atoms with van der Waals surface area (Å²) in [4.78, 5) is 10.4. The molecule has 0 amide bonds. The largest absolute Gasteiger partial charge is 0.494 e. The first-order valence-electron chi connectivity index (χ1n) is 10.3. The smallest absolute Gasteiger partial charge is 0.270 e. The Morgan fingerprint density at radius 3 is 2.59 bits per heavy atom. The van der Waals surface area contributed by atoms with E-state index in [0.717, 1.165) is 30.2 Å². The van der Waals surface area contributed by atoms with Crippen molar-refractivity contribution in [1.82, 2.24) is 4.31 Å². The van der Waals surface area contributed by atoms with E-state index >= 15 is 0 Å². The molecular formula is C21H26N4O6S. The van der Waals surface area contributed by atoms with Crippen LogP contribution in [0.5, 0.6) is 5.75 Å². The second-order valence-electron chi connectivity index (χ2n) is 7.10. The van der Waals surface area contributed by atoms with E-state index in [2.05, 4.69) is 17.5 Å². The standard InChI is InChI=1S/C21H26N4O6S/c1-2-3-12-31-19-7-4-17(5-8-19)16-22-23-20-9-6-18(25(26)27)15-21(20)32(28,29)24-10-13-30-14-11-24/h4-9,15-16,23H,2-3,10-14H2,1H3/b22-16+. The Morgan fingerprint density at radius 1 is 1.22 bits per heavy atom. The zero-order chi connectivity index (χ0) is 23.0. The average molecular weight is 463 g/mol. The Kier molecular flexibility index (Phi) is 8.14. The molecule has 10 nitrogen and oxygen atoms in total. The van der Waals surface area contributed by atoms with Gasteiger partial charge in [0.1, 0.15) is 10.6 Å². The van der Waals surface area contributed by atoms with E-state index < -0.39 is 14.9 Å². The van der Waals surface area contributed by atoms with Gasteiger partial charge in [0.05, 0.1) is 36.6 Å². The fourth-order valence-electron chi connectivity index (χ4n) is 3.02. The molecule has 3 rings (SSSR count). The number of anilines is 1. The molecule has 1 saturated heterocycles. The van der Waals surface area contributed by atoms with Gasteiger partial charge >= 0.3 is 0 Å². The summed E-state index contributed by atoms with van der Waals surface area (Å²) < 4.78 is 38.3. The van der Waals surface area contributed by atoms with Crippen molar-refractivity contribution in [2.45, 2.75) is 24.7 Å². The summed E-state index contributed by atoms with van der Waals surface area (Å²) in [6, 6.07) is 10.9. The summed E-state index contributed by atoms with van der Waals surface area (Å²) in [6.45, 7) is 3.66. The number of rotatable bonds is 10. The molecule has 1 aliphatic heterocycles. The van der Waals surface area contributed by atoms with Crippen LogP contribution >= 0.6 is 0 Å². The predicted molar refractivity (Wildman–Crippen MR) is 121 cm³/mol. The highest BCUT2D eigenvalue weighted by molar-refractivity contribution is 7.89. The number of morpholine rings is 1. The minimum atomic E-state index is -3.96. The second kappa shape index (κ2) is 11.0. The number of nitrogens with zero attached hydrogens (tertiary/aromatic N) is 3. The van der Waals surface area contributed by atoms with Crippen LogP contribution in [0.2, 0.25) is 0 Å². The fraction of sp³-hybridized carbons (Fsp3) is 0.381. The van der Waals surface area contributed by atoms with Crippen molar-refractivity contribution in [2.24, 2.45) is 5.10 Å². The maximum atomic E-state index is 13.1. The van der Waals surface area contributed by atoms with Gasteiger partial charge in [-0.2, -0.15) is 9.41 Å². The number of nitro benzene ring substituents is 1. The molecule has 0 aliphatic carbocycles. The number of sulfonamides is 1. The summed E-state index contributed by atoms with van der Waals surface area (Å²) in [5, 5.41) is 15.3. The first-order chi connectivity index (χ1) is 15.4. The molecule has 0 unspecified atom stereocenters. The van der Waals surface area contributed by atoms with Gasteiger partial charge in [0, 0.05) is 25.2 Å². The zero-order valence-electron chi connectivity index (χ0n) is 17.8. The van der Waals surface area contributed by atoms with Crippen LogP contribution in [-0.4, -0.2) is 56.8 Å². The van der Waals surface area contributed by atoms with E-state index in [0.29, 0.717) is 6.61 Å². The first kappa shape index (κ1) is 23.6. The van der Waals surface area contributed by atoms with Crippen LogP contribution in [0.3, 0.4) is 0 Å². The van der Waals surface area contributed by atoms with Crippen molar-refractivity contribution < 1.29 is 22.8 Å². The van der Waals surface area contributed by atoms with Crippen molar-refractivity contribution in [3.8, 4) is 5.75 Å². The van der Waals surface area contributed by atoms with E-state index in [1.54, 1.807) is 0 Å². The SMILES string of the molecule is CCCCOc1ccc(/C=N/Nc2ccc([N+](=O)[O-])cc2S(=O)(=O)N2CCOCC2)cc1. The van der Waals surface area contributed by atoms with Crippen molar-refractivity contribution >= 4 is 27.6 Å². The van der Waals surface area contributed by atoms with E-state index in [4.69, 9.17) is 9.47 Å². The van der Waals surface area contributed by atoms with Gasteiger partial charge in [-0.05, 0) is 42.3 Å². The molecule has 2 aromatic rings. The minimum Gasteiger partial charge on any atom is -0.494 e. The van der Waals surface area contributed by atoms with Crippen LogP contribution in [0, 0.1) is 10.1 Å². The quantitative estimate of drug-likeness (QED) is 0.249. The van der Waals surface area contributed by atoms with Gasteiger partial charge in [-0.3, -0.25) is 15.5 Å². The molecule has 0 bridgehead atoms. The van der Waals surface area contributed by atoms with Crippen molar-refractivity contribution in [3.05, 3.63) is 58.1 Å². The lowest BCUT2D eigenvalue weighted by atomic mass is 10.2. The molecular weight excluding hydrogens is 436 g/mol. The Bertz CT molecular complexity index is 1050. The monoisotopic (exact) mass is 462 g/mol. The maximum Gasteiger partial charge on any atom is 0.270 e. The van der Waals surface area contributed by atoms with E-state index in [1.165, 1.54) is 22.7 Å². The number of hydrogen-bond acceptors (Lipinski definition) is 8. The number of non-ortho nitro benzene ring substituents is 1. The van der Waals surface area contributed by atoms with Crippen LogP contribution in [0.1, 0.15) is 25.3 Å². The third-order valence-electron chi connectivity index (χ3n) is 4.81. The van der Waals surface area contributed by atoms with E-state index in [-0.39, 0.29) is 42.6 Å². The van der Waals surface area contributed by atoms with Gasteiger partial charge < -0.3 is 9.47 Å². The highest BCUT2D eigenvalue weighted by Crippen LogP contribution is 2.29. The van der Waals surface area contributed by atoms with E-state index in [1.807, 2.05) is 24.3 Å². The zero-order valence-corrected chi connectivity index (χ0v) is 18.6. The fourth-order valence-corrected chi connectivity index (χ4v) is 4.59. The Morgan fingerprint density at radius 2 is 1.94 bits per heavy atom. The summed E-state index contributed by atoms with van der Waals surface area (Å²) >= 11 is 0. The Labute approximate surface area is 187 Å². The molecule has 1 heterocycles. The van der Waals surface area contributed by atoms with Crippen molar-refractivity contribution in [1.29, 1.82) is 0 Å². The third kappa shape index (κ3) is 6.02. The van der Waals surface area contributed by atoms with E-state index in [9.17, 15) is 18.5 Å². The van der Waals surface area contributed by atoms with Crippen LogP contribution in [-0.2, 0) is 14.8 Å². The topological polar surface area (TPSA) is 123 Å². The van der Waals surface area contributed by atoms with Gasteiger partial charge in [-0.1, -0.05) is 13.3 Å². The maximum absolute atomic E-state index is 13.1. The molecule has 11 heteroatoms. The van der Waals surface area contributed by atoms with Gasteiger partial charge in [0.15, 0.2) is 0 Å². The molecule has 1 fully saturated rings. The summed E-state index contributed by atoms with van der Waals surface area (Å²) in [7, 11) is -3.96. The molecule has 172 valence electrons. The molecule has 0 saturated carbocycles. The number of nitro groups is 1. The summed E-state index contributed by atoms with van der Waals surface area (Å²) in [5.41, 5.74) is 3.32. The number of benzene rings is 2. The first-order valence-corrected chi connectivity index (χ1v) is 11.7. The van der Waals surface area contributed by atoms with Crippen LogP contribution < -0.4 is 10.2 Å². The number of unbranched alkanes of at least 4 members (excludes halogenated alkanes) is 1. The Hall–Kier alpha value is -3.02. The minimum absolute atomic E-state index is 0.151. The van der Waals surface area contributed by atoms with Gasteiger partial charge in [-0.15, -0.1) is 0 Å². The second-order valence-corrected chi connectivity index (χ2v) is 9.00. The number of hydrogen-bond donors (Lipinski definition) is 1. The molecule has 1 aliphatic rings. The molecule has 1 N–H and O–H groups in total. The highest BCUT2D eigenvalue weighted by Gasteiger charge is 2.30. The van der Waals surface area contributed by atoms with Crippen LogP contribution in [0.15, 0.2) is 52.5 Å². The van der Waals surface area contributed by atoms with Crippen molar-refractivity contribution in [2.75, 3.05) is 38.3 Å². The van der Waals surface area contributed by atoms with Crippen LogP contribution in [0.25, 0.3) is 0 Å². The lowest BCUT2D eigenvalue weighted by Gasteiger charge is -2.26. The van der Waals surface area contributed by atoms with Gasteiger partial charge in [0.25, 0.3) is 5.69 Å². The lowest BCUT2D eigenvalue weighted by molar-refractivity contribution is -0.385. The third-order valence-corrected chi connectivity index (χ3v) is 6.75. The van der Waals surface area contributed by atoms with Gasteiger partial charge in [-0.25, -0.2) is 8.42 Å². The average Bonchev–Trinajstić information content (AvgIpc) is 2.81. The lowest BCUT2D eigenvalue weighted by Crippen LogP contribution is -2.40. The highest BCUT2D eigenvalue weighted by atomic mass is 32.2. The molecule has 0 atom stereocenters. The normalized spacial score (nSPS) is 15.0. The van der Waals surface area contributed by atoms with Gasteiger partial charge in [0.2, 0.25) is 10.0 Å². The predicted octanol–water partition coefficient (Wildman–Crippen LogP) is 3.24. The molecule has 2 aromatic carbocycles. The summed E-state index contributed by atoms with van der Waals surface area (Å²) in [6.07, 6.45) is 3.57. The Balaban J connectivity index is 1.78. The number of hydrazone groups is 1. The molecule has 32 heavy (non-hydrogen) atoms. The molecule has 0 aromatic heterocycles. The number of nitrogens with one attached hydrogen (secondary N) is 1. The van der Waals surface area contributed by atoms with Crippen molar-refractivity contribution in [3.63, 3.8) is 0 Å². The molecule has 0 radical (unpaired) electrons.